The van der Waals surface area contributed by atoms with Crippen LogP contribution < -0.4 is 5.32 Å². The van der Waals surface area contributed by atoms with E-state index in [1.165, 1.54) is 4.90 Å². The number of rotatable bonds is 10. The molecule has 0 heterocycles. The number of carbonyl (C=O) groups is 2. The molecule has 0 rings (SSSR count). The number of urea groups is 1. The highest BCUT2D eigenvalue weighted by Gasteiger charge is 2.21. The number of amides is 2. The van der Waals surface area contributed by atoms with Gasteiger partial charge in [0, 0.05) is 19.6 Å². The summed E-state index contributed by atoms with van der Waals surface area (Å²) in [4.78, 5) is 24.6. The summed E-state index contributed by atoms with van der Waals surface area (Å²) >= 11 is 0. The molecule has 1 unspecified atom stereocenters. The average Bonchev–Trinajstić information content (AvgIpc) is 2.38. The minimum absolute atomic E-state index is 0.0918. The molecule has 0 saturated carbocycles. The molecule has 2 amide bonds. The highest BCUT2D eigenvalue weighted by Crippen LogP contribution is 2.11. The van der Waals surface area contributed by atoms with Crippen molar-refractivity contribution in [1.82, 2.24) is 10.2 Å². The molecular formula is C14H28N2O4. The second-order valence-corrected chi connectivity index (χ2v) is 5.41. The Morgan fingerprint density at radius 3 is 2.35 bits per heavy atom. The predicted octanol–water partition coefficient (Wildman–Crippen LogP) is 1.54. The summed E-state index contributed by atoms with van der Waals surface area (Å²) in [5.74, 6) is -1.19. The molecule has 0 fully saturated rings. The first-order chi connectivity index (χ1) is 9.42. The highest BCUT2D eigenvalue weighted by atomic mass is 16.4. The second kappa shape index (κ2) is 10.5. The molecule has 0 aliphatic carbocycles. The van der Waals surface area contributed by atoms with E-state index in [4.69, 9.17) is 10.2 Å². The smallest absolute Gasteiger partial charge is 0.317 e. The molecule has 0 bridgehead atoms. The van der Waals surface area contributed by atoms with Gasteiger partial charge in [-0.25, -0.2) is 4.79 Å². The predicted molar refractivity (Wildman–Crippen MR) is 77.5 cm³/mol. The van der Waals surface area contributed by atoms with Gasteiger partial charge >= 0.3 is 12.0 Å². The quantitative estimate of drug-likeness (QED) is 0.569. The summed E-state index contributed by atoms with van der Waals surface area (Å²) in [7, 11) is 0. The number of carboxylic acid groups (broad SMARTS) is 1. The molecule has 20 heavy (non-hydrogen) atoms. The fourth-order valence-electron chi connectivity index (χ4n) is 1.95. The van der Waals surface area contributed by atoms with E-state index in [0.29, 0.717) is 13.0 Å². The molecule has 6 nitrogen and oxygen atoms in total. The summed E-state index contributed by atoms with van der Waals surface area (Å²) in [6.07, 6.45) is 2.35. The number of hydrogen-bond acceptors (Lipinski definition) is 3. The van der Waals surface area contributed by atoms with E-state index in [1.807, 2.05) is 20.8 Å². The summed E-state index contributed by atoms with van der Waals surface area (Å²) in [5, 5.41) is 20.7. The number of nitrogens with zero attached hydrogens (tertiary/aromatic N) is 1. The van der Waals surface area contributed by atoms with E-state index >= 15 is 0 Å². The van der Waals surface area contributed by atoms with Gasteiger partial charge in [0.25, 0.3) is 0 Å². The number of carboxylic acids is 1. The van der Waals surface area contributed by atoms with E-state index in [-0.39, 0.29) is 31.6 Å². The fourth-order valence-corrected chi connectivity index (χ4v) is 1.95. The zero-order chi connectivity index (χ0) is 15.5. The van der Waals surface area contributed by atoms with Gasteiger partial charge in [-0.15, -0.1) is 0 Å². The lowest BCUT2D eigenvalue weighted by molar-refractivity contribution is -0.142. The Morgan fingerprint density at radius 1 is 1.25 bits per heavy atom. The molecule has 0 aromatic rings. The van der Waals surface area contributed by atoms with Crippen molar-refractivity contribution in [1.29, 1.82) is 0 Å². The molecule has 1 atom stereocenters. The first kappa shape index (κ1) is 18.7. The van der Waals surface area contributed by atoms with Crippen LogP contribution in [0.3, 0.4) is 0 Å². The third-order valence-electron chi connectivity index (χ3n) is 3.04. The summed E-state index contributed by atoms with van der Waals surface area (Å²) in [5.41, 5.74) is 0. The Morgan fingerprint density at radius 2 is 1.90 bits per heavy atom. The van der Waals surface area contributed by atoms with Crippen LogP contribution in [0, 0.1) is 11.8 Å². The van der Waals surface area contributed by atoms with Gasteiger partial charge in [0.05, 0.1) is 12.5 Å². The van der Waals surface area contributed by atoms with Gasteiger partial charge in [-0.1, -0.05) is 27.2 Å². The maximum Gasteiger partial charge on any atom is 0.317 e. The lowest BCUT2D eigenvalue weighted by Crippen LogP contribution is -2.44. The molecule has 0 aromatic carbocycles. The normalized spacial score (nSPS) is 12.2. The van der Waals surface area contributed by atoms with Crippen molar-refractivity contribution in [3.63, 3.8) is 0 Å². The number of aliphatic hydroxyl groups is 1. The Labute approximate surface area is 121 Å². The van der Waals surface area contributed by atoms with Crippen molar-refractivity contribution in [2.45, 2.75) is 40.0 Å². The van der Waals surface area contributed by atoms with Crippen LogP contribution in [0.15, 0.2) is 0 Å². The molecule has 0 aliphatic heterocycles. The van der Waals surface area contributed by atoms with Gasteiger partial charge in [-0.05, 0) is 18.8 Å². The first-order valence-electron chi connectivity index (χ1n) is 7.28. The van der Waals surface area contributed by atoms with E-state index in [0.717, 1.165) is 12.8 Å². The highest BCUT2D eigenvalue weighted by molar-refractivity contribution is 5.76. The van der Waals surface area contributed by atoms with E-state index in [9.17, 15) is 9.59 Å². The van der Waals surface area contributed by atoms with E-state index in [1.54, 1.807) is 0 Å². The first-order valence-corrected chi connectivity index (χ1v) is 7.28. The lowest BCUT2D eigenvalue weighted by atomic mass is 9.97. The van der Waals surface area contributed by atoms with E-state index < -0.39 is 11.9 Å². The summed E-state index contributed by atoms with van der Waals surface area (Å²) in [6, 6.07) is -0.303. The Balaban J connectivity index is 4.34. The molecule has 0 saturated heterocycles. The van der Waals surface area contributed by atoms with Crippen LogP contribution in [0.4, 0.5) is 4.79 Å². The van der Waals surface area contributed by atoms with Crippen molar-refractivity contribution in [2.24, 2.45) is 11.8 Å². The second-order valence-electron chi connectivity index (χ2n) is 5.41. The molecule has 0 aliphatic rings. The topological polar surface area (TPSA) is 89.9 Å². The van der Waals surface area contributed by atoms with Crippen molar-refractivity contribution in [3.05, 3.63) is 0 Å². The molecule has 0 spiro atoms. The molecule has 3 N–H and O–H groups in total. The number of carbonyl (C=O) groups excluding carboxylic acids is 1. The number of hydrogen-bond donors (Lipinski definition) is 3. The maximum atomic E-state index is 12.0. The summed E-state index contributed by atoms with van der Waals surface area (Å²) < 4.78 is 0. The van der Waals surface area contributed by atoms with Crippen LogP contribution in [-0.4, -0.2) is 53.4 Å². The lowest BCUT2D eigenvalue weighted by Gasteiger charge is -2.23. The minimum atomic E-state index is -0.888. The minimum Gasteiger partial charge on any atom is -0.481 e. The maximum absolute atomic E-state index is 12.0. The van der Waals surface area contributed by atoms with Crippen LogP contribution in [-0.2, 0) is 4.79 Å². The van der Waals surface area contributed by atoms with Crippen LogP contribution in [0.25, 0.3) is 0 Å². The molecule has 0 aromatic heterocycles. The summed E-state index contributed by atoms with van der Waals surface area (Å²) in [6.45, 7) is 6.82. The van der Waals surface area contributed by atoms with Crippen molar-refractivity contribution >= 4 is 12.0 Å². The van der Waals surface area contributed by atoms with E-state index in [2.05, 4.69) is 5.32 Å². The van der Waals surface area contributed by atoms with Crippen LogP contribution >= 0.6 is 0 Å². The van der Waals surface area contributed by atoms with Gasteiger partial charge in [0.1, 0.15) is 0 Å². The Hall–Kier alpha value is -1.30. The standard InChI is InChI=1S/C14H28N2O4/c1-4-5-6-16(7-8-17)14(20)15-10-12(13(18)19)9-11(2)3/h11-12,17H,4-10H2,1-3H3,(H,15,20)(H,18,19). The SMILES string of the molecule is CCCCN(CCO)C(=O)NCC(CC(C)C)C(=O)O. The number of aliphatic carboxylic acids is 1. The molecular weight excluding hydrogens is 260 g/mol. The third-order valence-corrected chi connectivity index (χ3v) is 3.04. The van der Waals surface area contributed by atoms with Crippen LogP contribution in [0.2, 0.25) is 0 Å². The van der Waals surface area contributed by atoms with Gasteiger partial charge in [-0.3, -0.25) is 4.79 Å². The van der Waals surface area contributed by atoms with Gasteiger partial charge in [-0.2, -0.15) is 0 Å². The monoisotopic (exact) mass is 288 g/mol. The number of aliphatic hydroxyl groups excluding tert-OH is 1. The van der Waals surface area contributed by atoms with Crippen molar-refractivity contribution < 1.29 is 19.8 Å². The zero-order valence-electron chi connectivity index (χ0n) is 12.8. The van der Waals surface area contributed by atoms with Crippen LogP contribution in [0.5, 0.6) is 0 Å². The number of nitrogens with one attached hydrogen (secondary N) is 1. The molecule has 118 valence electrons. The molecule has 0 radical (unpaired) electrons. The van der Waals surface area contributed by atoms with Crippen molar-refractivity contribution in [2.75, 3.05) is 26.2 Å². The molecule has 6 heteroatoms. The van der Waals surface area contributed by atoms with Gasteiger partial charge in [0.15, 0.2) is 0 Å². The van der Waals surface area contributed by atoms with Crippen LogP contribution in [0.1, 0.15) is 40.0 Å². The third kappa shape index (κ3) is 7.99. The van der Waals surface area contributed by atoms with Gasteiger partial charge in [0.2, 0.25) is 0 Å². The Kier molecular flexibility index (Phi) is 9.80. The number of unbranched alkanes of at least 4 members (excludes halogenated alkanes) is 1. The average molecular weight is 288 g/mol. The largest absolute Gasteiger partial charge is 0.481 e. The van der Waals surface area contributed by atoms with Gasteiger partial charge < -0.3 is 20.4 Å². The zero-order valence-corrected chi connectivity index (χ0v) is 12.8. The fraction of sp³-hybridized carbons (Fsp3) is 0.857. The van der Waals surface area contributed by atoms with Crippen molar-refractivity contribution in [3.8, 4) is 0 Å². The Bertz CT molecular complexity index is 295.